The number of thiazole rings is 1. The quantitative estimate of drug-likeness (QED) is 0.549. The van der Waals surface area contributed by atoms with Gasteiger partial charge in [0.25, 0.3) is 0 Å². The molecule has 0 bridgehead atoms. The number of hydrogen-bond acceptors (Lipinski definition) is 7. The highest BCUT2D eigenvalue weighted by Gasteiger charge is 2.24. The fourth-order valence-electron chi connectivity index (χ4n) is 2.94. The van der Waals surface area contributed by atoms with Gasteiger partial charge in [-0.3, -0.25) is 4.79 Å². The highest BCUT2D eigenvalue weighted by atomic mass is 32.1. The van der Waals surface area contributed by atoms with Crippen molar-refractivity contribution in [3.8, 4) is 0 Å². The van der Waals surface area contributed by atoms with Crippen LogP contribution in [0.3, 0.4) is 0 Å². The predicted molar refractivity (Wildman–Crippen MR) is 115 cm³/mol. The molecule has 30 heavy (non-hydrogen) atoms. The van der Waals surface area contributed by atoms with Crippen LogP contribution in [0.5, 0.6) is 0 Å². The first kappa shape index (κ1) is 21.7. The van der Waals surface area contributed by atoms with Crippen molar-refractivity contribution >= 4 is 28.9 Å². The van der Waals surface area contributed by atoms with Crippen molar-refractivity contribution in [3.05, 3.63) is 62.4 Å². The molecule has 158 valence electrons. The summed E-state index contributed by atoms with van der Waals surface area (Å²) in [6.45, 7) is 9.51. The summed E-state index contributed by atoms with van der Waals surface area (Å²) >= 11 is 1.36. The first-order chi connectivity index (χ1) is 14.2. The van der Waals surface area contributed by atoms with E-state index in [2.05, 4.69) is 15.5 Å². The van der Waals surface area contributed by atoms with Gasteiger partial charge in [0.05, 0.1) is 17.8 Å². The number of amides is 1. The molecule has 0 aliphatic carbocycles. The molecule has 0 aliphatic rings. The molecular formula is C22H25N3O4S. The number of rotatable bonds is 7. The van der Waals surface area contributed by atoms with E-state index in [0.717, 1.165) is 16.8 Å². The summed E-state index contributed by atoms with van der Waals surface area (Å²) in [7, 11) is 0. The molecule has 2 heterocycles. The number of nitrogens with one attached hydrogen (secondary N) is 1. The minimum absolute atomic E-state index is 0.0233. The van der Waals surface area contributed by atoms with Crippen molar-refractivity contribution < 1.29 is 18.8 Å². The number of hydrogen-bond donors (Lipinski definition) is 1. The molecule has 3 rings (SSSR count). The van der Waals surface area contributed by atoms with E-state index in [0.29, 0.717) is 27.7 Å². The first-order valence-electron chi connectivity index (χ1n) is 9.68. The second kappa shape index (κ2) is 9.21. The number of nitrogens with zero attached hydrogens (tertiary/aromatic N) is 2. The van der Waals surface area contributed by atoms with Gasteiger partial charge in [-0.2, -0.15) is 0 Å². The molecule has 0 atom stereocenters. The van der Waals surface area contributed by atoms with Gasteiger partial charge in [-0.1, -0.05) is 31.1 Å². The lowest BCUT2D eigenvalue weighted by atomic mass is 10.1. The predicted octanol–water partition coefficient (Wildman–Crippen LogP) is 4.72. The normalized spacial score (nSPS) is 11.0. The average molecular weight is 428 g/mol. The standard InChI is InChI=1S/C22H25N3O4S/c1-12(2)21-20(15(5)25-29-21)22(27)28-10-16-11-30-19(23-16)9-18(26)24-17-8-13(3)6-7-14(17)4/h6-8,11-12H,9-10H2,1-5H3,(H,24,26). The van der Waals surface area contributed by atoms with Gasteiger partial charge in [0.1, 0.15) is 17.2 Å². The van der Waals surface area contributed by atoms with Crippen LogP contribution in [0.2, 0.25) is 0 Å². The van der Waals surface area contributed by atoms with E-state index in [1.807, 2.05) is 45.9 Å². The summed E-state index contributed by atoms with van der Waals surface area (Å²) in [4.78, 5) is 29.2. The third-order valence-electron chi connectivity index (χ3n) is 4.55. The minimum atomic E-state index is -0.486. The van der Waals surface area contributed by atoms with Gasteiger partial charge < -0.3 is 14.6 Å². The minimum Gasteiger partial charge on any atom is -0.455 e. The second-order valence-electron chi connectivity index (χ2n) is 7.51. The van der Waals surface area contributed by atoms with E-state index in [1.165, 1.54) is 11.3 Å². The van der Waals surface area contributed by atoms with Gasteiger partial charge in [0.2, 0.25) is 5.91 Å². The number of carbonyl (C=O) groups is 2. The Morgan fingerprint density at radius 3 is 2.73 bits per heavy atom. The van der Waals surface area contributed by atoms with Gasteiger partial charge in [-0.25, -0.2) is 9.78 Å². The monoisotopic (exact) mass is 427 g/mol. The zero-order valence-corrected chi connectivity index (χ0v) is 18.6. The van der Waals surface area contributed by atoms with E-state index >= 15 is 0 Å². The van der Waals surface area contributed by atoms with Crippen LogP contribution in [0.4, 0.5) is 5.69 Å². The number of esters is 1. The Kier molecular flexibility index (Phi) is 6.66. The third kappa shape index (κ3) is 5.13. The van der Waals surface area contributed by atoms with Crippen LogP contribution in [0, 0.1) is 20.8 Å². The van der Waals surface area contributed by atoms with Crippen LogP contribution in [-0.4, -0.2) is 22.0 Å². The Bertz CT molecular complexity index is 1070. The number of ether oxygens (including phenoxy) is 1. The van der Waals surface area contributed by atoms with Gasteiger partial charge in [0, 0.05) is 17.0 Å². The molecule has 1 amide bonds. The summed E-state index contributed by atoms with van der Waals surface area (Å²) in [6.07, 6.45) is 0.161. The fraction of sp³-hybridized carbons (Fsp3) is 0.364. The molecule has 0 fully saturated rings. The van der Waals surface area contributed by atoms with E-state index in [9.17, 15) is 9.59 Å². The maximum atomic E-state index is 12.5. The molecule has 0 radical (unpaired) electrons. The van der Waals surface area contributed by atoms with Crippen molar-refractivity contribution in [3.63, 3.8) is 0 Å². The van der Waals surface area contributed by atoms with Crippen LogP contribution >= 0.6 is 11.3 Å². The van der Waals surface area contributed by atoms with E-state index < -0.39 is 5.97 Å². The maximum Gasteiger partial charge on any atom is 0.344 e. The number of benzene rings is 1. The summed E-state index contributed by atoms with van der Waals surface area (Å²) < 4.78 is 10.6. The molecule has 8 heteroatoms. The number of aromatic nitrogens is 2. The van der Waals surface area contributed by atoms with Crippen molar-refractivity contribution in [2.24, 2.45) is 0 Å². The fourth-order valence-corrected chi connectivity index (χ4v) is 3.72. The molecular weight excluding hydrogens is 402 g/mol. The number of carbonyl (C=O) groups excluding carboxylic acids is 2. The Hall–Kier alpha value is -3.00. The number of aryl methyl sites for hydroxylation is 3. The zero-order chi connectivity index (χ0) is 21.8. The SMILES string of the molecule is Cc1ccc(C)c(NC(=O)Cc2nc(COC(=O)c3c(C)noc3C(C)C)cs2)c1. The van der Waals surface area contributed by atoms with Crippen LogP contribution in [-0.2, 0) is 22.6 Å². The highest BCUT2D eigenvalue weighted by molar-refractivity contribution is 7.09. The van der Waals surface area contributed by atoms with Gasteiger partial charge in [0.15, 0.2) is 5.76 Å². The Morgan fingerprint density at radius 1 is 1.23 bits per heavy atom. The molecule has 0 saturated carbocycles. The van der Waals surface area contributed by atoms with E-state index in [-0.39, 0.29) is 24.9 Å². The van der Waals surface area contributed by atoms with Crippen molar-refractivity contribution in [1.82, 2.24) is 10.1 Å². The zero-order valence-electron chi connectivity index (χ0n) is 17.7. The molecule has 1 N–H and O–H groups in total. The number of anilines is 1. The average Bonchev–Trinajstić information content (AvgIpc) is 3.29. The van der Waals surface area contributed by atoms with Crippen LogP contribution in [0.15, 0.2) is 28.1 Å². The summed E-state index contributed by atoms with van der Waals surface area (Å²) in [5.41, 5.74) is 4.36. The van der Waals surface area contributed by atoms with Crippen LogP contribution < -0.4 is 5.32 Å². The Labute approximate surface area is 179 Å². The Balaban J connectivity index is 1.58. The van der Waals surface area contributed by atoms with Crippen molar-refractivity contribution in [2.45, 2.75) is 53.6 Å². The molecule has 7 nitrogen and oxygen atoms in total. The summed E-state index contributed by atoms with van der Waals surface area (Å²) in [5, 5.41) is 9.24. The van der Waals surface area contributed by atoms with E-state index in [4.69, 9.17) is 9.26 Å². The molecule has 0 spiro atoms. The summed E-state index contributed by atoms with van der Waals surface area (Å²) in [6, 6.07) is 5.92. The van der Waals surface area contributed by atoms with Gasteiger partial charge in [-0.05, 0) is 38.0 Å². The molecule has 0 aliphatic heterocycles. The molecule has 2 aromatic heterocycles. The highest BCUT2D eigenvalue weighted by Crippen LogP contribution is 2.23. The second-order valence-corrected chi connectivity index (χ2v) is 8.46. The molecule has 0 saturated heterocycles. The first-order valence-corrected chi connectivity index (χ1v) is 10.6. The summed E-state index contributed by atoms with van der Waals surface area (Å²) in [5.74, 6) is -0.0855. The molecule has 1 aromatic carbocycles. The van der Waals surface area contributed by atoms with E-state index in [1.54, 1.807) is 12.3 Å². The Morgan fingerprint density at radius 2 is 2.00 bits per heavy atom. The molecule has 3 aromatic rings. The lowest BCUT2D eigenvalue weighted by Gasteiger charge is -2.08. The molecule has 0 unspecified atom stereocenters. The lowest BCUT2D eigenvalue weighted by molar-refractivity contribution is -0.115. The van der Waals surface area contributed by atoms with Gasteiger partial charge >= 0.3 is 5.97 Å². The third-order valence-corrected chi connectivity index (χ3v) is 5.44. The van der Waals surface area contributed by atoms with Crippen molar-refractivity contribution in [1.29, 1.82) is 0 Å². The largest absolute Gasteiger partial charge is 0.455 e. The van der Waals surface area contributed by atoms with Crippen LogP contribution in [0.1, 0.15) is 63.4 Å². The maximum absolute atomic E-state index is 12.5. The van der Waals surface area contributed by atoms with Crippen molar-refractivity contribution in [2.75, 3.05) is 5.32 Å². The smallest absolute Gasteiger partial charge is 0.344 e. The topological polar surface area (TPSA) is 94.3 Å². The lowest BCUT2D eigenvalue weighted by Crippen LogP contribution is -2.15. The van der Waals surface area contributed by atoms with Crippen LogP contribution in [0.25, 0.3) is 0 Å². The van der Waals surface area contributed by atoms with Gasteiger partial charge in [-0.15, -0.1) is 11.3 Å².